The monoisotopic (exact) mass is 307 g/mol. The molecule has 0 radical (unpaired) electrons. The van der Waals surface area contributed by atoms with Gasteiger partial charge in [0, 0.05) is 12.6 Å². The minimum absolute atomic E-state index is 0.142. The van der Waals surface area contributed by atoms with Crippen LogP contribution in [0.25, 0.3) is 0 Å². The molecule has 5 aliphatic rings. The van der Waals surface area contributed by atoms with Crippen LogP contribution < -0.4 is 0 Å². The number of aliphatic hydroxyl groups is 1. The Bertz CT molecular complexity index is 362. The van der Waals surface area contributed by atoms with Gasteiger partial charge < -0.3 is 9.84 Å². The molecule has 1 saturated heterocycles. The van der Waals surface area contributed by atoms with Crippen molar-refractivity contribution in [2.24, 2.45) is 17.8 Å². The smallest absolute Gasteiger partial charge is 0.0900 e. The van der Waals surface area contributed by atoms with Gasteiger partial charge in [-0.05, 0) is 82.6 Å². The number of rotatable bonds is 5. The summed E-state index contributed by atoms with van der Waals surface area (Å²) in [6.45, 7) is 4.80. The number of aliphatic hydroxyl groups excluding tert-OH is 1. The first-order valence-electron chi connectivity index (χ1n) is 9.68. The van der Waals surface area contributed by atoms with Gasteiger partial charge in [-0.3, -0.25) is 4.90 Å². The molecule has 4 bridgehead atoms. The molecule has 0 spiro atoms. The van der Waals surface area contributed by atoms with Gasteiger partial charge in [-0.1, -0.05) is 6.42 Å². The Hall–Kier alpha value is -0.120. The zero-order valence-corrected chi connectivity index (χ0v) is 14.2. The highest BCUT2D eigenvalue weighted by atomic mass is 16.5. The van der Waals surface area contributed by atoms with E-state index >= 15 is 0 Å². The molecular formula is C19H33NO2. The van der Waals surface area contributed by atoms with Gasteiger partial charge in [0.05, 0.1) is 18.3 Å². The highest BCUT2D eigenvalue weighted by Gasteiger charge is 2.51. The van der Waals surface area contributed by atoms with Crippen LogP contribution in [0, 0.1) is 17.8 Å². The molecule has 4 aliphatic carbocycles. The van der Waals surface area contributed by atoms with Gasteiger partial charge in [0.2, 0.25) is 0 Å². The van der Waals surface area contributed by atoms with E-state index in [-0.39, 0.29) is 11.7 Å². The van der Waals surface area contributed by atoms with E-state index in [1.54, 1.807) is 0 Å². The standard InChI is InChI=1S/C19H33NO2/c1-14-4-2-3-5-20(14)12-18(21)13-22-19-9-15-6-16(10-19)8-17(7-15)11-19/h14-18,21H,2-13H2,1H3/t14-,15?,16?,17?,18+,19?/m1/s1. The summed E-state index contributed by atoms with van der Waals surface area (Å²) in [6, 6.07) is 0.628. The maximum atomic E-state index is 10.5. The topological polar surface area (TPSA) is 32.7 Å². The summed E-state index contributed by atoms with van der Waals surface area (Å²) in [5, 5.41) is 10.5. The van der Waals surface area contributed by atoms with E-state index in [1.165, 1.54) is 57.8 Å². The van der Waals surface area contributed by atoms with Gasteiger partial charge in [0.25, 0.3) is 0 Å². The van der Waals surface area contributed by atoms with Crippen LogP contribution in [0.15, 0.2) is 0 Å². The normalized spacial score (nSPS) is 46.1. The fraction of sp³-hybridized carbons (Fsp3) is 1.00. The van der Waals surface area contributed by atoms with Gasteiger partial charge in [0.15, 0.2) is 0 Å². The van der Waals surface area contributed by atoms with Crippen molar-refractivity contribution in [3.8, 4) is 0 Å². The average molecular weight is 307 g/mol. The van der Waals surface area contributed by atoms with Crippen LogP contribution in [0.1, 0.15) is 64.7 Å². The Morgan fingerprint density at radius 3 is 2.32 bits per heavy atom. The molecule has 4 saturated carbocycles. The molecule has 0 aromatic rings. The highest BCUT2D eigenvalue weighted by Crippen LogP contribution is 2.57. The zero-order valence-electron chi connectivity index (χ0n) is 14.2. The number of likely N-dealkylation sites (tertiary alicyclic amines) is 1. The van der Waals surface area contributed by atoms with Crippen molar-refractivity contribution in [3.05, 3.63) is 0 Å². The van der Waals surface area contributed by atoms with E-state index in [0.717, 1.165) is 30.8 Å². The second-order valence-corrected chi connectivity index (χ2v) is 8.91. The van der Waals surface area contributed by atoms with Crippen molar-refractivity contribution in [2.45, 2.75) is 82.5 Å². The maximum Gasteiger partial charge on any atom is 0.0900 e. The number of ether oxygens (including phenoxy) is 1. The molecule has 0 unspecified atom stereocenters. The third-order valence-corrected chi connectivity index (χ3v) is 6.95. The number of hydrogen-bond acceptors (Lipinski definition) is 3. The quantitative estimate of drug-likeness (QED) is 0.846. The summed E-state index contributed by atoms with van der Waals surface area (Å²) < 4.78 is 6.40. The van der Waals surface area contributed by atoms with Crippen molar-refractivity contribution < 1.29 is 9.84 Å². The van der Waals surface area contributed by atoms with E-state index in [1.807, 2.05) is 0 Å². The molecule has 2 atom stereocenters. The first-order valence-corrected chi connectivity index (χ1v) is 9.68. The first kappa shape index (κ1) is 15.4. The molecule has 5 rings (SSSR count). The lowest BCUT2D eigenvalue weighted by atomic mass is 9.54. The SMILES string of the molecule is C[C@@H]1CCCCN1C[C@H](O)COC12CC3CC(CC(C3)C1)C2. The third-order valence-electron chi connectivity index (χ3n) is 6.95. The van der Waals surface area contributed by atoms with Crippen molar-refractivity contribution in [2.75, 3.05) is 19.7 Å². The number of β-amino-alcohol motifs (C(OH)–C–C–N with tert-alkyl or cyclic N) is 1. The fourth-order valence-corrected chi connectivity index (χ4v) is 6.23. The van der Waals surface area contributed by atoms with E-state index in [2.05, 4.69) is 11.8 Å². The van der Waals surface area contributed by atoms with Crippen molar-refractivity contribution in [1.82, 2.24) is 4.90 Å². The molecular weight excluding hydrogens is 274 g/mol. The molecule has 5 fully saturated rings. The lowest BCUT2D eigenvalue weighted by Crippen LogP contribution is -2.53. The van der Waals surface area contributed by atoms with Gasteiger partial charge >= 0.3 is 0 Å². The van der Waals surface area contributed by atoms with Crippen LogP contribution in [-0.4, -0.2) is 47.4 Å². The summed E-state index contributed by atoms with van der Waals surface area (Å²) >= 11 is 0. The molecule has 1 N–H and O–H groups in total. The minimum Gasteiger partial charge on any atom is -0.389 e. The van der Waals surface area contributed by atoms with Crippen LogP contribution in [0.2, 0.25) is 0 Å². The number of piperidine rings is 1. The third kappa shape index (κ3) is 3.09. The lowest BCUT2D eigenvalue weighted by molar-refractivity contribution is -0.176. The Labute approximate surface area is 135 Å². The predicted octanol–water partition coefficient (Wildman–Crippen LogP) is 3.21. The Morgan fingerprint density at radius 2 is 1.73 bits per heavy atom. The van der Waals surface area contributed by atoms with E-state index in [4.69, 9.17) is 4.74 Å². The Balaban J connectivity index is 1.29. The Morgan fingerprint density at radius 1 is 1.09 bits per heavy atom. The molecule has 126 valence electrons. The summed E-state index contributed by atoms with van der Waals surface area (Å²) in [5.41, 5.74) is 0.142. The predicted molar refractivity (Wildman–Crippen MR) is 87.7 cm³/mol. The molecule has 1 aliphatic heterocycles. The van der Waals surface area contributed by atoms with Gasteiger partial charge in [-0.2, -0.15) is 0 Å². The second kappa shape index (κ2) is 6.07. The number of nitrogens with zero attached hydrogens (tertiary/aromatic N) is 1. The zero-order chi connectivity index (χ0) is 15.2. The van der Waals surface area contributed by atoms with Crippen LogP contribution in [-0.2, 0) is 4.74 Å². The fourth-order valence-electron chi connectivity index (χ4n) is 6.23. The van der Waals surface area contributed by atoms with Gasteiger partial charge in [-0.25, -0.2) is 0 Å². The molecule has 3 heteroatoms. The second-order valence-electron chi connectivity index (χ2n) is 8.91. The summed E-state index contributed by atoms with van der Waals surface area (Å²) in [7, 11) is 0. The maximum absolute atomic E-state index is 10.5. The highest BCUT2D eigenvalue weighted by molar-refractivity contribution is 5.03. The summed E-state index contributed by atoms with van der Waals surface area (Å²) in [6.07, 6.45) is 11.8. The van der Waals surface area contributed by atoms with Gasteiger partial charge in [-0.15, -0.1) is 0 Å². The van der Waals surface area contributed by atoms with Crippen LogP contribution in [0.3, 0.4) is 0 Å². The summed E-state index contributed by atoms with van der Waals surface area (Å²) in [4.78, 5) is 2.46. The Kier molecular flexibility index (Phi) is 4.25. The summed E-state index contributed by atoms with van der Waals surface area (Å²) in [5.74, 6) is 2.77. The molecule has 3 nitrogen and oxygen atoms in total. The first-order chi connectivity index (χ1) is 10.6. The van der Waals surface area contributed by atoms with Crippen LogP contribution in [0.4, 0.5) is 0 Å². The molecule has 0 aromatic carbocycles. The van der Waals surface area contributed by atoms with E-state index in [9.17, 15) is 5.11 Å². The van der Waals surface area contributed by atoms with Crippen molar-refractivity contribution >= 4 is 0 Å². The lowest BCUT2D eigenvalue weighted by Gasteiger charge is -2.56. The van der Waals surface area contributed by atoms with Crippen LogP contribution in [0.5, 0.6) is 0 Å². The molecule has 1 heterocycles. The largest absolute Gasteiger partial charge is 0.389 e. The molecule has 0 aromatic heterocycles. The van der Waals surface area contributed by atoms with Gasteiger partial charge in [0.1, 0.15) is 0 Å². The minimum atomic E-state index is -0.312. The van der Waals surface area contributed by atoms with E-state index in [0.29, 0.717) is 12.6 Å². The molecule has 22 heavy (non-hydrogen) atoms. The van der Waals surface area contributed by atoms with E-state index < -0.39 is 0 Å². The number of hydrogen-bond donors (Lipinski definition) is 1. The van der Waals surface area contributed by atoms with Crippen LogP contribution >= 0.6 is 0 Å². The van der Waals surface area contributed by atoms with Crippen molar-refractivity contribution in [3.63, 3.8) is 0 Å². The molecule has 0 amide bonds. The van der Waals surface area contributed by atoms with Crippen molar-refractivity contribution in [1.29, 1.82) is 0 Å². The average Bonchev–Trinajstić information content (AvgIpc) is 2.46.